The van der Waals surface area contributed by atoms with Gasteiger partial charge in [0, 0.05) is 23.4 Å². The molecule has 1 saturated heterocycles. The van der Waals surface area contributed by atoms with Gasteiger partial charge in [0.15, 0.2) is 5.65 Å². The fraction of sp³-hybridized carbons (Fsp3) is 0.292. The molecule has 4 heterocycles. The van der Waals surface area contributed by atoms with Gasteiger partial charge in [0.25, 0.3) is 5.91 Å². The first-order valence-electron chi connectivity index (χ1n) is 11.1. The number of benzene rings is 1. The molecule has 0 spiro atoms. The van der Waals surface area contributed by atoms with Crippen molar-refractivity contribution in [2.24, 2.45) is 5.92 Å². The van der Waals surface area contributed by atoms with Crippen LogP contribution in [0.15, 0.2) is 48.9 Å². The number of aryl methyl sites for hydroxylation is 1. The highest BCUT2D eigenvalue weighted by molar-refractivity contribution is 6.04. The summed E-state index contributed by atoms with van der Waals surface area (Å²) in [5, 5.41) is 12.1. The van der Waals surface area contributed by atoms with Gasteiger partial charge >= 0.3 is 0 Å². The number of fused-ring (bicyclic) bond motifs is 3. The SMILES string of the molecule is Cc1ccnc(NC(=O)c2ccc(-c3nn(C4CC5CNC4C5)c4ncnc(N)c34)cc2)c1. The molecule has 3 atom stereocenters. The molecule has 4 aromatic rings. The Labute approximate surface area is 190 Å². The molecule has 2 bridgehead atoms. The van der Waals surface area contributed by atoms with Crippen LogP contribution in [0, 0.1) is 12.8 Å². The van der Waals surface area contributed by atoms with Crippen LogP contribution in [0.25, 0.3) is 22.3 Å². The third-order valence-corrected chi connectivity index (χ3v) is 6.71. The van der Waals surface area contributed by atoms with Gasteiger partial charge in [-0.15, -0.1) is 0 Å². The molecule has 166 valence electrons. The predicted octanol–water partition coefficient (Wildman–Crippen LogP) is 2.95. The highest BCUT2D eigenvalue weighted by Gasteiger charge is 2.42. The van der Waals surface area contributed by atoms with Crippen molar-refractivity contribution in [3.8, 4) is 11.3 Å². The Hall–Kier alpha value is -3.85. The summed E-state index contributed by atoms with van der Waals surface area (Å²) < 4.78 is 2.02. The quantitative estimate of drug-likeness (QED) is 0.446. The Bertz CT molecular complexity index is 1360. The summed E-state index contributed by atoms with van der Waals surface area (Å²) >= 11 is 0. The molecule has 3 aromatic heterocycles. The summed E-state index contributed by atoms with van der Waals surface area (Å²) in [5.74, 6) is 1.40. The molecule has 4 N–H and O–H groups in total. The number of rotatable bonds is 4. The van der Waals surface area contributed by atoms with Crippen molar-refractivity contribution in [1.29, 1.82) is 0 Å². The van der Waals surface area contributed by atoms with Crippen molar-refractivity contribution >= 4 is 28.6 Å². The van der Waals surface area contributed by atoms with Crippen LogP contribution in [-0.2, 0) is 0 Å². The summed E-state index contributed by atoms with van der Waals surface area (Å²) in [6.45, 7) is 3.03. The van der Waals surface area contributed by atoms with E-state index in [4.69, 9.17) is 10.8 Å². The van der Waals surface area contributed by atoms with E-state index in [2.05, 4.69) is 25.6 Å². The number of pyridine rings is 1. The van der Waals surface area contributed by atoms with Crippen LogP contribution in [0.5, 0.6) is 0 Å². The van der Waals surface area contributed by atoms with Crippen LogP contribution in [-0.4, -0.2) is 43.2 Å². The zero-order valence-corrected chi connectivity index (χ0v) is 18.2. The lowest BCUT2D eigenvalue weighted by Crippen LogP contribution is -2.35. The average Bonchev–Trinajstić information content (AvgIpc) is 3.54. The minimum Gasteiger partial charge on any atom is -0.383 e. The fourth-order valence-corrected chi connectivity index (χ4v) is 5.09. The van der Waals surface area contributed by atoms with Crippen LogP contribution in [0.1, 0.15) is 34.8 Å². The van der Waals surface area contributed by atoms with Gasteiger partial charge in [-0.25, -0.2) is 19.6 Å². The number of carbonyl (C=O) groups excluding carboxylic acids is 1. The van der Waals surface area contributed by atoms with Crippen LogP contribution in [0.2, 0.25) is 0 Å². The van der Waals surface area contributed by atoms with Gasteiger partial charge in [-0.05, 0) is 62.1 Å². The number of piperidine rings is 1. The minimum atomic E-state index is -0.217. The molecule has 2 fully saturated rings. The van der Waals surface area contributed by atoms with E-state index in [1.54, 1.807) is 18.3 Å². The van der Waals surface area contributed by atoms with Gasteiger partial charge in [0.05, 0.1) is 11.4 Å². The average molecular weight is 441 g/mol. The molecule has 1 aromatic carbocycles. The summed E-state index contributed by atoms with van der Waals surface area (Å²) in [5.41, 5.74) is 10.2. The van der Waals surface area contributed by atoms with Gasteiger partial charge < -0.3 is 16.4 Å². The Morgan fingerprint density at radius 1 is 1.15 bits per heavy atom. The Morgan fingerprint density at radius 2 is 2.00 bits per heavy atom. The van der Waals surface area contributed by atoms with E-state index < -0.39 is 0 Å². The zero-order chi connectivity index (χ0) is 22.5. The predicted molar refractivity (Wildman–Crippen MR) is 126 cm³/mol. The first-order valence-corrected chi connectivity index (χ1v) is 11.1. The normalized spacial score (nSPS) is 21.5. The van der Waals surface area contributed by atoms with E-state index in [1.807, 2.05) is 35.9 Å². The van der Waals surface area contributed by atoms with E-state index >= 15 is 0 Å². The molecule has 1 aliphatic heterocycles. The largest absolute Gasteiger partial charge is 0.383 e. The highest BCUT2D eigenvalue weighted by Crippen LogP contribution is 2.41. The summed E-state index contributed by atoms with van der Waals surface area (Å²) in [6, 6.07) is 11.7. The van der Waals surface area contributed by atoms with Gasteiger partial charge in [-0.3, -0.25) is 4.79 Å². The monoisotopic (exact) mass is 440 g/mol. The number of amides is 1. The van der Waals surface area contributed by atoms with Crippen molar-refractivity contribution in [3.63, 3.8) is 0 Å². The number of nitrogen functional groups attached to an aromatic ring is 1. The molecule has 0 radical (unpaired) electrons. The summed E-state index contributed by atoms with van der Waals surface area (Å²) in [6.07, 6.45) is 5.42. The molecule has 6 rings (SSSR count). The molecule has 9 nitrogen and oxygen atoms in total. The van der Waals surface area contributed by atoms with Gasteiger partial charge in [-0.2, -0.15) is 5.10 Å². The van der Waals surface area contributed by atoms with Crippen LogP contribution < -0.4 is 16.4 Å². The number of nitrogens with two attached hydrogens (primary N) is 1. The number of nitrogens with one attached hydrogen (secondary N) is 2. The molecule has 1 aliphatic carbocycles. The Morgan fingerprint density at radius 3 is 2.73 bits per heavy atom. The molecule has 2 aliphatic rings. The molecular weight excluding hydrogens is 416 g/mol. The number of aromatic nitrogens is 5. The first kappa shape index (κ1) is 19.8. The standard InChI is InChI=1S/C24H24N8O/c1-13-6-7-26-19(8-13)30-24(33)16-4-2-15(3-5-16)21-20-22(25)28-12-29-23(20)32(31-21)18-10-14-9-17(18)27-11-14/h2-8,12,14,17-18,27H,9-11H2,1H3,(H2,25,28,29)(H,26,30,33). The van der Waals surface area contributed by atoms with Crippen molar-refractivity contribution in [2.75, 3.05) is 17.6 Å². The highest BCUT2D eigenvalue weighted by atomic mass is 16.1. The van der Waals surface area contributed by atoms with E-state index in [0.717, 1.165) is 40.8 Å². The lowest BCUT2D eigenvalue weighted by Gasteiger charge is -2.23. The topological polar surface area (TPSA) is 124 Å². The van der Waals surface area contributed by atoms with Gasteiger partial charge in [0.2, 0.25) is 0 Å². The summed E-state index contributed by atoms with van der Waals surface area (Å²) in [4.78, 5) is 25.6. The van der Waals surface area contributed by atoms with E-state index in [0.29, 0.717) is 29.2 Å². The van der Waals surface area contributed by atoms with Gasteiger partial charge in [-0.1, -0.05) is 12.1 Å². The third-order valence-electron chi connectivity index (χ3n) is 6.71. The Kier molecular flexibility index (Phi) is 4.58. The lowest BCUT2D eigenvalue weighted by atomic mass is 10.1. The first-order chi connectivity index (χ1) is 16.1. The number of hydrogen-bond donors (Lipinski definition) is 3. The maximum absolute atomic E-state index is 12.7. The van der Waals surface area contributed by atoms with E-state index in [1.165, 1.54) is 12.7 Å². The molecule has 1 saturated carbocycles. The molecule has 33 heavy (non-hydrogen) atoms. The number of hydrogen-bond acceptors (Lipinski definition) is 7. The second-order valence-corrected chi connectivity index (χ2v) is 8.92. The maximum atomic E-state index is 12.7. The molecule has 3 unspecified atom stereocenters. The lowest BCUT2D eigenvalue weighted by molar-refractivity contribution is 0.102. The van der Waals surface area contributed by atoms with Crippen LogP contribution >= 0.6 is 0 Å². The van der Waals surface area contributed by atoms with E-state index in [9.17, 15) is 4.79 Å². The van der Waals surface area contributed by atoms with Crippen LogP contribution in [0.3, 0.4) is 0 Å². The Balaban J connectivity index is 1.33. The molecule has 9 heteroatoms. The van der Waals surface area contributed by atoms with Crippen molar-refractivity contribution in [2.45, 2.75) is 31.8 Å². The number of anilines is 2. The van der Waals surface area contributed by atoms with Crippen molar-refractivity contribution in [1.82, 2.24) is 30.0 Å². The van der Waals surface area contributed by atoms with Gasteiger partial charge in [0.1, 0.15) is 23.7 Å². The fourth-order valence-electron chi connectivity index (χ4n) is 5.09. The third kappa shape index (κ3) is 3.41. The number of nitrogens with zero attached hydrogens (tertiary/aromatic N) is 5. The smallest absolute Gasteiger partial charge is 0.256 e. The molecule has 1 amide bonds. The van der Waals surface area contributed by atoms with E-state index in [-0.39, 0.29) is 11.9 Å². The van der Waals surface area contributed by atoms with Crippen molar-refractivity contribution < 1.29 is 4.79 Å². The van der Waals surface area contributed by atoms with Crippen molar-refractivity contribution in [3.05, 3.63) is 60.0 Å². The summed E-state index contributed by atoms with van der Waals surface area (Å²) in [7, 11) is 0. The minimum absolute atomic E-state index is 0.217. The second kappa shape index (κ2) is 7.63. The zero-order valence-electron chi connectivity index (χ0n) is 18.2. The molecular formula is C24H24N8O. The second-order valence-electron chi connectivity index (χ2n) is 8.92. The maximum Gasteiger partial charge on any atom is 0.256 e. The van der Waals surface area contributed by atoms with Crippen LogP contribution in [0.4, 0.5) is 11.6 Å². The number of carbonyl (C=O) groups is 1.